The van der Waals surface area contributed by atoms with Gasteiger partial charge in [-0.05, 0) is 55.8 Å². The molecule has 1 aromatic heterocycles. The normalized spacial score (nSPS) is 11.5. The molecule has 3 aromatic rings. The Kier molecular flexibility index (Phi) is 5.75. The third-order valence-corrected chi connectivity index (χ3v) is 4.70. The van der Waals surface area contributed by atoms with Crippen LogP contribution in [0.25, 0.3) is 0 Å². The van der Waals surface area contributed by atoms with E-state index < -0.39 is 11.8 Å². The van der Waals surface area contributed by atoms with Crippen LogP contribution in [0.15, 0.2) is 53.7 Å². The van der Waals surface area contributed by atoms with Crippen molar-refractivity contribution in [2.45, 2.75) is 20.4 Å². The van der Waals surface area contributed by atoms with Gasteiger partial charge < -0.3 is 10.6 Å². The maximum atomic E-state index is 12.9. The zero-order valence-corrected chi connectivity index (χ0v) is 16.1. The van der Waals surface area contributed by atoms with Gasteiger partial charge in [0.2, 0.25) is 0 Å². The lowest BCUT2D eigenvalue weighted by Crippen LogP contribution is -2.15. The van der Waals surface area contributed by atoms with Crippen molar-refractivity contribution in [1.29, 1.82) is 0 Å². The van der Waals surface area contributed by atoms with Crippen LogP contribution in [-0.2, 0) is 11.4 Å². The molecule has 0 atom stereocenters. The molecule has 2 N–H and O–H groups in total. The Bertz CT molecular complexity index is 1040. The number of aromatic nitrogens is 2. The first-order valence-electron chi connectivity index (χ1n) is 8.44. The predicted octanol–water partition coefficient (Wildman–Crippen LogP) is 3.82. The molecule has 0 saturated heterocycles. The zero-order chi connectivity index (χ0) is 20.3. The molecule has 0 unspecified atom stereocenters. The summed E-state index contributed by atoms with van der Waals surface area (Å²) < 4.78 is 14.7. The van der Waals surface area contributed by atoms with Crippen molar-refractivity contribution < 1.29 is 14.0 Å². The summed E-state index contributed by atoms with van der Waals surface area (Å²) in [6, 6.07) is 12.3. The standard InChI is InChI=1S/C20H18ClFN4O2/c1-12-18(21)13(2)26(24-12)11-14-4-3-5-16(10-14)20(27)28-25-19(23)15-6-8-17(22)9-7-15/h3-10H,11H2,1-2H3,(H2,23,25). The number of aryl methyl sites for hydroxylation is 1. The molecule has 0 saturated carbocycles. The van der Waals surface area contributed by atoms with E-state index in [9.17, 15) is 9.18 Å². The van der Waals surface area contributed by atoms with Gasteiger partial charge in [0.25, 0.3) is 0 Å². The Balaban J connectivity index is 1.72. The summed E-state index contributed by atoms with van der Waals surface area (Å²) in [7, 11) is 0. The highest BCUT2D eigenvalue weighted by molar-refractivity contribution is 6.31. The van der Waals surface area contributed by atoms with Crippen molar-refractivity contribution in [3.63, 3.8) is 0 Å². The first kappa shape index (κ1) is 19.6. The van der Waals surface area contributed by atoms with Gasteiger partial charge in [-0.15, -0.1) is 0 Å². The monoisotopic (exact) mass is 400 g/mol. The molecule has 6 nitrogen and oxygen atoms in total. The largest absolute Gasteiger partial charge is 0.380 e. The van der Waals surface area contributed by atoms with Gasteiger partial charge in [-0.1, -0.05) is 28.9 Å². The Morgan fingerprint density at radius 2 is 1.93 bits per heavy atom. The van der Waals surface area contributed by atoms with Gasteiger partial charge in [-0.2, -0.15) is 5.10 Å². The molecule has 2 aromatic carbocycles. The third kappa shape index (κ3) is 4.37. The van der Waals surface area contributed by atoms with E-state index in [4.69, 9.17) is 22.2 Å². The molecule has 0 aliphatic rings. The minimum absolute atomic E-state index is 0.0261. The number of oxime groups is 1. The second-order valence-corrected chi connectivity index (χ2v) is 6.58. The average molecular weight is 401 g/mol. The van der Waals surface area contributed by atoms with Crippen molar-refractivity contribution in [3.05, 3.63) is 87.4 Å². The summed E-state index contributed by atoms with van der Waals surface area (Å²) in [6.07, 6.45) is 0. The van der Waals surface area contributed by atoms with Crippen LogP contribution in [-0.4, -0.2) is 21.6 Å². The molecule has 28 heavy (non-hydrogen) atoms. The van der Waals surface area contributed by atoms with Crippen molar-refractivity contribution in [3.8, 4) is 0 Å². The maximum Gasteiger partial charge on any atom is 0.365 e. The Hall–Kier alpha value is -3.19. The van der Waals surface area contributed by atoms with Crippen LogP contribution < -0.4 is 5.73 Å². The first-order valence-corrected chi connectivity index (χ1v) is 8.82. The van der Waals surface area contributed by atoms with Gasteiger partial charge in [0.15, 0.2) is 5.84 Å². The topological polar surface area (TPSA) is 82.5 Å². The SMILES string of the molecule is Cc1nn(Cc2cccc(C(=O)O/N=C(\N)c3ccc(F)cc3)c2)c(C)c1Cl. The highest BCUT2D eigenvalue weighted by Crippen LogP contribution is 2.20. The minimum atomic E-state index is -0.654. The van der Waals surface area contributed by atoms with Crippen LogP contribution in [0, 0.1) is 19.7 Å². The van der Waals surface area contributed by atoms with E-state index in [1.807, 2.05) is 19.9 Å². The summed E-state index contributed by atoms with van der Waals surface area (Å²) in [5.74, 6) is -1.07. The molecule has 0 bridgehead atoms. The number of carbonyl (C=O) groups is 1. The quantitative estimate of drug-likeness (QED) is 0.305. The van der Waals surface area contributed by atoms with E-state index in [0.29, 0.717) is 22.7 Å². The number of hydrogen-bond donors (Lipinski definition) is 1. The molecular formula is C20H18ClFN4O2. The first-order chi connectivity index (χ1) is 13.3. The lowest BCUT2D eigenvalue weighted by atomic mass is 10.1. The van der Waals surface area contributed by atoms with Crippen molar-refractivity contribution in [2.75, 3.05) is 0 Å². The molecule has 8 heteroatoms. The Morgan fingerprint density at radius 3 is 2.57 bits per heavy atom. The van der Waals surface area contributed by atoms with Crippen LogP contribution in [0.2, 0.25) is 5.02 Å². The lowest BCUT2D eigenvalue weighted by molar-refractivity contribution is 0.0516. The number of amidine groups is 1. The average Bonchev–Trinajstić information content (AvgIpc) is 2.93. The van der Waals surface area contributed by atoms with Gasteiger partial charge >= 0.3 is 5.97 Å². The summed E-state index contributed by atoms with van der Waals surface area (Å²) >= 11 is 6.17. The Labute approximate surface area is 166 Å². The number of hydrogen-bond acceptors (Lipinski definition) is 4. The number of benzene rings is 2. The number of carbonyl (C=O) groups excluding carboxylic acids is 1. The van der Waals surface area contributed by atoms with Crippen molar-refractivity contribution >= 4 is 23.4 Å². The van der Waals surface area contributed by atoms with E-state index in [2.05, 4.69) is 10.3 Å². The molecule has 0 aliphatic heterocycles. The number of halogens is 2. The Morgan fingerprint density at radius 1 is 1.21 bits per heavy atom. The van der Waals surface area contributed by atoms with Gasteiger partial charge in [-0.25, -0.2) is 9.18 Å². The number of rotatable bonds is 5. The second kappa shape index (κ2) is 8.22. The second-order valence-electron chi connectivity index (χ2n) is 6.20. The molecule has 144 valence electrons. The molecule has 3 rings (SSSR count). The van der Waals surface area contributed by atoms with Crippen LogP contribution in [0.5, 0.6) is 0 Å². The van der Waals surface area contributed by atoms with Crippen molar-refractivity contribution in [2.24, 2.45) is 10.9 Å². The molecule has 0 radical (unpaired) electrons. The lowest BCUT2D eigenvalue weighted by Gasteiger charge is -2.06. The molecule has 0 spiro atoms. The third-order valence-electron chi connectivity index (χ3n) is 4.16. The van der Waals surface area contributed by atoms with Crippen LogP contribution in [0.1, 0.15) is 32.9 Å². The molecular weight excluding hydrogens is 383 g/mol. The van der Waals surface area contributed by atoms with Gasteiger partial charge in [-0.3, -0.25) is 4.68 Å². The summed E-state index contributed by atoms with van der Waals surface area (Å²) in [5.41, 5.74) is 8.99. The van der Waals surface area contributed by atoms with E-state index in [0.717, 1.165) is 17.0 Å². The summed E-state index contributed by atoms with van der Waals surface area (Å²) in [6.45, 7) is 4.18. The van der Waals surface area contributed by atoms with E-state index in [1.165, 1.54) is 24.3 Å². The van der Waals surface area contributed by atoms with Crippen LogP contribution in [0.3, 0.4) is 0 Å². The van der Waals surface area contributed by atoms with Gasteiger partial charge in [0.1, 0.15) is 5.82 Å². The van der Waals surface area contributed by atoms with Crippen molar-refractivity contribution in [1.82, 2.24) is 9.78 Å². The van der Waals surface area contributed by atoms with E-state index in [1.54, 1.807) is 22.9 Å². The maximum absolute atomic E-state index is 12.9. The van der Waals surface area contributed by atoms with E-state index in [-0.39, 0.29) is 5.84 Å². The van der Waals surface area contributed by atoms with Crippen LogP contribution in [0.4, 0.5) is 4.39 Å². The number of nitrogens with two attached hydrogens (primary N) is 1. The van der Waals surface area contributed by atoms with Gasteiger partial charge in [0.05, 0.1) is 28.5 Å². The van der Waals surface area contributed by atoms with Crippen LogP contribution >= 0.6 is 11.6 Å². The number of nitrogens with zero attached hydrogens (tertiary/aromatic N) is 3. The highest BCUT2D eigenvalue weighted by atomic mass is 35.5. The fraction of sp³-hybridized carbons (Fsp3) is 0.150. The molecule has 1 heterocycles. The highest BCUT2D eigenvalue weighted by Gasteiger charge is 2.12. The zero-order valence-electron chi connectivity index (χ0n) is 15.3. The fourth-order valence-corrected chi connectivity index (χ4v) is 2.75. The minimum Gasteiger partial charge on any atom is -0.380 e. The van der Waals surface area contributed by atoms with Gasteiger partial charge in [0, 0.05) is 5.56 Å². The smallest absolute Gasteiger partial charge is 0.365 e. The molecule has 0 amide bonds. The summed E-state index contributed by atoms with van der Waals surface area (Å²) in [4.78, 5) is 17.2. The predicted molar refractivity (Wildman–Crippen MR) is 105 cm³/mol. The molecule has 0 aliphatic carbocycles. The molecule has 0 fully saturated rings. The summed E-state index contributed by atoms with van der Waals surface area (Å²) in [5, 5.41) is 8.64. The fourth-order valence-electron chi connectivity index (χ4n) is 2.62. The van der Waals surface area contributed by atoms with E-state index >= 15 is 0 Å².